The van der Waals surface area contributed by atoms with E-state index in [1.54, 1.807) is 6.08 Å². The van der Waals surface area contributed by atoms with Crippen molar-refractivity contribution < 1.29 is 38.1 Å². The van der Waals surface area contributed by atoms with Crippen LogP contribution in [0.25, 0.3) is 6.08 Å². The lowest BCUT2D eigenvalue weighted by Crippen LogP contribution is -2.59. The minimum Gasteiger partial charge on any atom is -0.458 e. The molecule has 7 unspecified atom stereocenters. The molecule has 43 heavy (non-hydrogen) atoms. The zero-order valence-electron chi connectivity index (χ0n) is 26.3. The molecule has 2 bridgehead atoms. The Bertz CT molecular complexity index is 1340. The fourth-order valence-corrected chi connectivity index (χ4v) is 7.66. The van der Waals surface area contributed by atoms with Crippen LogP contribution in [0.1, 0.15) is 79.7 Å². The van der Waals surface area contributed by atoms with Crippen molar-refractivity contribution in [2.24, 2.45) is 22.7 Å². The van der Waals surface area contributed by atoms with E-state index < -0.39 is 59.1 Å². The van der Waals surface area contributed by atoms with Gasteiger partial charge in [0.15, 0.2) is 6.10 Å². The Balaban J connectivity index is 1.77. The van der Waals surface area contributed by atoms with Crippen LogP contribution < -0.4 is 0 Å². The fourth-order valence-electron chi connectivity index (χ4n) is 7.66. The van der Waals surface area contributed by atoms with Crippen molar-refractivity contribution in [1.82, 2.24) is 0 Å². The number of hydrogen-bond donors (Lipinski definition) is 0. The summed E-state index contributed by atoms with van der Waals surface area (Å²) in [6, 6.07) is 9.50. The summed E-state index contributed by atoms with van der Waals surface area (Å²) in [6.07, 6.45) is 2.57. The highest BCUT2D eigenvalue weighted by Gasteiger charge is 2.60. The Morgan fingerprint density at radius 2 is 1.49 bits per heavy atom. The number of hydrogen-bond acceptors (Lipinski definition) is 8. The quantitative estimate of drug-likeness (QED) is 0.168. The van der Waals surface area contributed by atoms with Crippen molar-refractivity contribution in [1.29, 1.82) is 0 Å². The van der Waals surface area contributed by atoms with Crippen LogP contribution in [-0.4, -0.2) is 48.3 Å². The molecule has 2 saturated carbocycles. The number of ether oxygens (including phenoxy) is 4. The van der Waals surface area contributed by atoms with Gasteiger partial charge in [-0.05, 0) is 78.2 Å². The smallest absolute Gasteiger partial charge is 0.331 e. The number of benzene rings is 1. The summed E-state index contributed by atoms with van der Waals surface area (Å²) in [4.78, 5) is 50.2. The second-order valence-electron chi connectivity index (χ2n) is 13.0. The SMILES string of the molecule is C=C1C(OC(=O)C=Cc2ccccc2)CCC2(C)C1CC1CC(OC(C)=O)C(C)=C(C(OC(C)=O)C2OC(C)=O)C1(C)C. The first kappa shape index (κ1) is 32.2. The van der Waals surface area contributed by atoms with Crippen molar-refractivity contribution in [2.75, 3.05) is 0 Å². The van der Waals surface area contributed by atoms with Gasteiger partial charge in [0, 0.05) is 32.3 Å². The van der Waals surface area contributed by atoms with E-state index in [9.17, 15) is 19.2 Å². The number of carbonyl (C=O) groups excluding carboxylic acids is 4. The summed E-state index contributed by atoms with van der Waals surface area (Å²) >= 11 is 0. The van der Waals surface area contributed by atoms with Crippen LogP contribution in [0.4, 0.5) is 0 Å². The molecule has 0 saturated heterocycles. The highest BCUT2D eigenvalue weighted by atomic mass is 16.6. The summed E-state index contributed by atoms with van der Waals surface area (Å²) < 4.78 is 23.9. The van der Waals surface area contributed by atoms with Gasteiger partial charge in [0.05, 0.1) is 0 Å². The Labute approximate surface area is 254 Å². The van der Waals surface area contributed by atoms with Crippen molar-refractivity contribution in [3.63, 3.8) is 0 Å². The average Bonchev–Trinajstić information content (AvgIpc) is 2.91. The van der Waals surface area contributed by atoms with E-state index >= 15 is 0 Å². The molecule has 8 heteroatoms. The Morgan fingerprint density at radius 3 is 2.09 bits per heavy atom. The Hall–Kier alpha value is -3.68. The fraction of sp³-hybridized carbons (Fsp3) is 0.543. The van der Waals surface area contributed by atoms with E-state index in [0.717, 1.165) is 22.3 Å². The first-order chi connectivity index (χ1) is 20.1. The predicted molar refractivity (Wildman–Crippen MR) is 161 cm³/mol. The minimum absolute atomic E-state index is 0.000360. The number of rotatable bonds is 6. The molecular weight excluding hydrogens is 548 g/mol. The number of carbonyl (C=O) groups is 4. The third-order valence-corrected chi connectivity index (χ3v) is 9.82. The van der Waals surface area contributed by atoms with Crippen LogP contribution in [0, 0.1) is 22.7 Å². The Morgan fingerprint density at radius 1 is 0.860 bits per heavy atom. The van der Waals surface area contributed by atoms with Crippen molar-refractivity contribution in [3.05, 3.63) is 65.3 Å². The summed E-state index contributed by atoms with van der Waals surface area (Å²) in [5, 5.41) is 0. The average molecular weight is 593 g/mol. The summed E-state index contributed by atoms with van der Waals surface area (Å²) in [5.41, 5.74) is 2.08. The molecule has 7 atom stereocenters. The maximum absolute atomic E-state index is 12.9. The third-order valence-electron chi connectivity index (χ3n) is 9.82. The third kappa shape index (κ3) is 6.63. The lowest BCUT2D eigenvalue weighted by Gasteiger charge is -2.58. The van der Waals surface area contributed by atoms with Gasteiger partial charge in [-0.3, -0.25) is 14.4 Å². The summed E-state index contributed by atoms with van der Waals surface area (Å²) in [7, 11) is 0. The van der Waals surface area contributed by atoms with Crippen LogP contribution in [0.5, 0.6) is 0 Å². The number of fused-ring (bicyclic) bond motifs is 3. The molecule has 0 heterocycles. The van der Waals surface area contributed by atoms with E-state index in [4.69, 9.17) is 18.9 Å². The second-order valence-corrected chi connectivity index (χ2v) is 13.0. The normalized spacial score (nSPS) is 31.7. The van der Waals surface area contributed by atoms with E-state index in [-0.39, 0.29) is 11.8 Å². The molecule has 0 N–H and O–H groups in total. The zero-order valence-corrected chi connectivity index (χ0v) is 26.3. The van der Waals surface area contributed by atoms with Gasteiger partial charge in [0.2, 0.25) is 0 Å². The summed E-state index contributed by atoms with van der Waals surface area (Å²) in [6.45, 7) is 16.7. The van der Waals surface area contributed by atoms with Crippen LogP contribution >= 0.6 is 0 Å². The molecule has 0 aliphatic heterocycles. The van der Waals surface area contributed by atoms with Crippen LogP contribution in [0.15, 0.2) is 59.7 Å². The van der Waals surface area contributed by atoms with E-state index in [1.807, 2.05) is 44.2 Å². The molecule has 0 radical (unpaired) electrons. The van der Waals surface area contributed by atoms with Crippen LogP contribution in [-0.2, 0) is 38.1 Å². The van der Waals surface area contributed by atoms with Crippen molar-refractivity contribution in [3.8, 4) is 0 Å². The predicted octanol–water partition coefficient (Wildman–Crippen LogP) is 6.15. The standard InChI is InChI=1S/C35H44O8/c1-20-27-18-26-19-29(40-22(3)36)21(2)31(34(26,6)7)32(41-23(4)37)33(42-24(5)38)35(27,8)17-16-28(20)43-30(39)15-14-25-12-10-9-11-13-25/h9-15,26-29,32-33H,1,16-19H2,2-8H3. The Kier molecular flexibility index (Phi) is 9.38. The van der Waals surface area contributed by atoms with E-state index in [1.165, 1.54) is 26.8 Å². The van der Waals surface area contributed by atoms with Gasteiger partial charge in [0.1, 0.15) is 18.3 Å². The monoisotopic (exact) mass is 592 g/mol. The molecule has 8 nitrogen and oxygen atoms in total. The largest absolute Gasteiger partial charge is 0.458 e. The molecule has 3 aliphatic carbocycles. The van der Waals surface area contributed by atoms with Crippen LogP contribution in [0.2, 0.25) is 0 Å². The van der Waals surface area contributed by atoms with Gasteiger partial charge in [-0.25, -0.2) is 4.79 Å². The van der Waals surface area contributed by atoms with Gasteiger partial charge < -0.3 is 18.9 Å². The van der Waals surface area contributed by atoms with Gasteiger partial charge in [-0.1, -0.05) is 57.7 Å². The minimum atomic E-state index is -0.897. The van der Waals surface area contributed by atoms with Crippen LogP contribution in [0.3, 0.4) is 0 Å². The van der Waals surface area contributed by atoms with Gasteiger partial charge >= 0.3 is 23.9 Å². The lowest BCUT2D eigenvalue weighted by molar-refractivity contribution is -0.187. The first-order valence-corrected chi connectivity index (χ1v) is 15.0. The lowest BCUT2D eigenvalue weighted by atomic mass is 9.50. The highest BCUT2D eigenvalue weighted by molar-refractivity contribution is 5.87. The topological polar surface area (TPSA) is 105 Å². The molecule has 232 valence electrons. The molecule has 0 aromatic heterocycles. The van der Waals surface area contributed by atoms with Crippen molar-refractivity contribution in [2.45, 2.75) is 98.6 Å². The molecule has 1 aromatic rings. The molecule has 4 rings (SSSR count). The van der Waals surface area contributed by atoms with E-state index in [2.05, 4.69) is 20.4 Å². The van der Waals surface area contributed by atoms with Crippen molar-refractivity contribution >= 4 is 30.0 Å². The summed E-state index contributed by atoms with van der Waals surface area (Å²) in [5.74, 6) is -2.11. The second kappa shape index (κ2) is 12.5. The first-order valence-electron chi connectivity index (χ1n) is 15.0. The molecular formula is C35H44O8. The molecule has 3 aliphatic rings. The maximum Gasteiger partial charge on any atom is 0.331 e. The molecule has 2 fully saturated rings. The highest BCUT2D eigenvalue weighted by Crippen LogP contribution is 2.60. The van der Waals surface area contributed by atoms with Gasteiger partial charge in [0.25, 0.3) is 0 Å². The molecule has 0 amide bonds. The number of esters is 4. The molecule has 1 aromatic carbocycles. The van der Waals surface area contributed by atoms with Gasteiger partial charge in [-0.15, -0.1) is 0 Å². The maximum atomic E-state index is 12.9. The molecule has 0 spiro atoms. The van der Waals surface area contributed by atoms with E-state index in [0.29, 0.717) is 25.7 Å². The van der Waals surface area contributed by atoms with Gasteiger partial charge in [-0.2, -0.15) is 0 Å². The zero-order chi connectivity index (χ0) is 31.7.